The number of esters is 1. The Morgan fingerprint density at radius 2 is 1.79 bits per heavy atom. The number of nitrogens with one attached hydrogen (secondary N) is 2. The van der Waals surface area contributed by atoms with Gasteiger partial charge in [0.05, 0.1) is 34.0 Å². The van der Waals surface area contributed by atoms with Crippen molar-refractivity contribution < 1.29 is 19.1 Å². The fourth-order valence-corrected chi connectivity index (χ4v) is 4.99. The average molecular weight is 593 g/mol. The summed E-state index contributed by atoms with van der Waals surface area (Å²) in [7, 11) is 0. The summed E-state index contributed by atoms with van der Waals surface area (Å²) in [6.45, 7) is 9.95. The number of aromatic nitrogens is 3. The van der Waals surface area contributed by atoms with E-state index in [9.17, 15) is 14.4 Å². The van der Waals surface area contributed by atoms with Crippen molar-refractivity contribution in [3.63, 3.8) is 0 Å². The molecule has 0 saturated carbocycles. The summed E-state index contributed by atoms with van der Waals surface area (Å²) < 4.78 is 7.08. The molecular formula is C27H31Cl2N5O4S. The van der Waals surface area contributed by atoms with Crippen LogP contribution in [0.4, 0.5) is 5.69 Å². The summed E-state index contributed by atoms with van der Waals surface area (Å²) in [6, 6.07) is 10.8. The molecule has 0 radical (unpaired) electrons. The number of carbonyl (C=O) groups is 3. The van der Waals surface area contributed by atoms with E-state index >= 15 is 0 Å². The minimum absolute atomic E-state index is 0.00895. The maximum absolute atomic E-state index is 13.0. The predicted octanol–water partition coefficient (Wildman–Crippen LogP) is 6.03. The second-order valence-corrected chi connectivity index (χ2v) is 11.1. The quantitative estimate of drug-likeness (QED) is 0.206. The molecule has 0 aliphatic heterocycles. The summed E-state index contributed by atoms with van der Waals surface area (Å²) in [6.07, 6.45) is -0.244. The summed E-state index contributed by atoms with van der Waals surface area (Å²) in [5.41, 5.74) is 1.15. The number of nitrogens with zero attached hydrogens (tertiary/aromatic N) is 3. The molecule has 2 aromatic carbocycles. The summed E-state index contributed by atoms with van der Waals surface area (Å²) >= 11 is 13.4. The van der Waals surface area contributed by atoms with Gasteiger partial charge in [-0.2, -0.15) is 0 Å². The molecule has 0 bridgehead atoms. The van der Waals surface area contributed by atoms with Crippen LogP contribution in [0.3, 0.4) is 0 Å². The minimum atomic E-state index is -0.454. The number of hydrogen-bond donors (Lipinski definition) is 2. The molecule has 3 aromatic rings. The highest BCUT2D eigenvalue weighted by molar-refractivity contribution is 7.99. The van der Waals surface area contributed by atoms with Crippen molar-refractivity contribution in [2.75, 3.05) is 11.1 Å². The molecule has 2 amide bonds. The third-order valence-electron chi connectivity index (χ3n) is 5.53. The van der Waals surface area contributed by atoms with Gasteiger partial charge in [0.15, 0.2) is 11.0 Å². The maximum Gasteiger partial charge on any atom is 0.338 e. The lowest BCUT2D eigenvalue weighted by molar-refractivity contribution is -0.113. The van der Waals surface area contributed by atoms with Crippen molar-refractivity contribution in [2.24, 2.45) is 5.92 Å². The third kappa shape index (κ3) is 8.20. The minimum Gasteiger partial charge on any atom is -0.459 e. The van der Waals surface area contributed by atoms with Crippen LogP contribution in [0, 0.1) is 5.92 Å². The number of carbonyl (C=O) groups excluding carboxylic acids is 3. The highest BCUT2D eigenvalue weighted by atomic mass is 35.5. The Labute approximate surface area is 242 Å². The van der Waals surface area contributed by atoms with Crippen LogP contribution in [0.1, 0.15) is 67.2 Å². The molecule has 0 spiro atoms. The van der Waals surface area contributed by atoms with Gasteiger partial charge in [-0.1, -0.05) is 54.9 Å². The number of halogens is 2. The molecule has 2 N–H and O–H groups in total. The molecule has 0 fully saturated rings. The lowest BCUT2D eigenvalue weighted by Gasteiger charge is -2.22. The first-order valence-corrected chi connectivity index (χ1v) is 14.2. The molecule has 208 valence electrons. The van der Waals surface area contributed by atoms with Crippen molar-refractivity contribution in [1.29, 1.82) is 0 Å². The average Bonchev–Trinajstić information content (AvgIpc) is 3.28. The Hall–Kier alpha value is -3.08. The van der Waals surface area contributed by atoms with Crippen molar-refractivity contribution in [3.05, 3.63) is 69.5 Å². The van der Waals surface area contributed by atoms with E-state index in [2.05, 4.69) is 20.8 Å². The van der Waals surface area contributed by atoms with E-state index in [4.69, 9.17) is 27.9 Å². The summed E-state index contributed by atoms with van der Waals surface area (Å²) in [5, 5.41) is 15.7. The molecule has 3 rings (SSSR count). The van der Waals surface area contributed by atoms with Crippen LogP contribution in [0.25, 0.3) is 0 Å². The van der Waals surface area contributed by atoms with E-state index in [-0.39, 0.29) is 34.6 Å². The zero-order valence-corrected chi connectivity index (χ0v) is 24.7. The number of amides is 2. The van der Waals surface area contributed by atoms with Crippen molar-refractivity contribution >= 4 is 58.4 Å². The van der Waals surface area contributed by atoms with Crippen LogP contribution in [0.2, 0.25) is 10.0 Å². The van der Waals surface area contributed by atoms with Crippen LogP contribution in [-0.2, 0) is 16.1 Å². The largest absolute Gasteiger partial charge is 0.459 e. The Kier molecular flexibility index (Phi) is 10.8. The summed E-state index contributed by atoms with van der Waals surface area (Å²) in [5.74, 6) is -0.445. The van der Waals surface area contributed by atoms with E-state index in [0.29, 0.717) is 39.4 Å². The van der Waals surface area contributed by atoms with Crippen molar-refractivity contribution in [2.45, 2.75) is 58.5 Å². The fourth-order valence-electron chi connectivity index (χ4n) is 3.69. The van der Waals surface area contributed by atoms with Crippen LogP contribution < -0.4 is 10.6 Å². The first-order valence-electron chi connectivity index (χ1n) is 12.4. The van der Waals surface area contributed by atoms with Crippen LogP contribution in [-0.4, -0.2) is 44.4 Å². The van der Waals surface area contributed by atoms with Gasteiger partial charge in [-0.05, 0) is 63.1 Å². The number of ether oxygens (including phenoxy) is 1. The van der Waals surface area contributed by atoms with Gasteiger partial charge in [-0.15, -0.1) is 10.2 Å². The molecule has 12 heteroatoms. The SMILES string of the molecule is CCn1c(SCC(=O)Nc2cccc(C(=O)OC(C)C)c2)nnc1[C@@H](NC(=O)c1ccc(Cl)cc1Cl)C(C)C. The van der Waals surface area contributed by atoms with E-state index in [1.165, 1.54) is 17.8 Å². The molecule has 1 aromatic heterocycles. The topological polar surface area (TPSA) is 115 Å². The fraction of sp³-hybridized carbons (Fsp3) is 0.370. The standard InChI is InChI=1S/C27H31Cl2N5O4S/c1-6-34-24(23(15(2)3)31-25(36)20-11-10-18(28)13-21(20)29)32-33-27(34)39-14-22(35)30-19-9-7-8-17(12-19)26(37)38-16(4)5/h7-13,15-16,23H,6,14H2,1-5H3,(H,30,35)(H,31,36)/t23-/m0/s1. The number of rotatable bonds is 11. The Balaban J connectivity index is 1.69. The highest BCUT2D eigenvalue weighted by Gasteiger charge is 2.27. The third-order valence-corrected chi connectivity index (χ3v) is 7.04. The van der Waals surface area contributed by atoms with Crippen molar-refractivity contribution in [1.82, 2.24) is 20.1 Å². The predicted molar refractivity (Wildman–Crippen MR) is 154 cm³/mol. The second kappa shape index (κ2) is 13.8. The Morgan fingerprint density at radius 1 is 1.05 bits per heavy atom. The summed E-state index contributed by atoms with van der Waals surface area (Å²) in [4.78, 5) is 37.8. The van der Waals surface area contributed by atoms with E-state index in [1.54, 1.807) is 50.2 Å². The molecule has 39 heavy (non-hydrogen) atoms. The number of thioether (sulfide) groups is 1. The molecular weight excluding hydrogens is 561 g/mol. The van der Waals surface area contributed by atoms with Gasteiger partial charge < -0.3 is 19.9 Å². The Morgan fingerprint density at radius 3 is 2.44 bits per heavy atom. The second-order valence-electron chi connectivity index (χ2n) is 9.28. The first-order chi connectivity index (χ1) is 18.5. The van der Waals surface area contributed by atoms with Gasteiger partial charge in [-0.3, -0.25) is 9.59 Å². The van der Waals surface area contributed by atoms with E-state index in [0.717, 1.165) is 0 Å². The highest BCUT2D eigenvalue weighted by Crippen LogP contribution is 2.27. The smallest absolute Gasteiger partial charge is 0.338 e. The zero-order chi connectivity index (χ0) is 28.7. The van der Waals surface area contributed by atoms with Crippen LogP contribution in [0.5, 0.6) is 0 Å². The monoisotopic (exact) mass is 591 g/mol. The molecule has 1 atom stereocenters. The molecule has 0 aliphatic rings. The van der Waals surface area contributed by atoms with Gasteiger partial charge in [-0.25, -0.2) is 4.79 Å². The van der Waals surface area contributed by atoms with Crippen molar-refractivity contribution in [3.8, 4) is 0 Å². The van der Waals surface area contributed by atoms with Gasteiger partial charge in [0, 0.05) is 17.3 Å². The first kappa shape index (κ1) is 30.5. The molecule has 1 heterocycles. The molecule has 0 aliphatic carbocycles. The van der Waals surface area contributed by atoms with E-state index < -0.39 is 12.0 Å². The van der Waals surface area contributed by atoms with Crippen LogP contribution in [0.15, 0.2) is 47.6 Å². The number of hydrogen-bond acceptors (Lipinski definition) is 7. The maximum atomic E-state index is 13.0. The van der Waals surface area contributed by atoms with Gasteiger partial charge in [0.1, 0.15) is 0 Å². The molecule has 9 nitrogen and oxygen atoms in total. The van der Waals surface area contributed by atoms with Crippen LogP contribution >= 0.6 is 35.0 Å². The molecule has 0 saturated heterocycles. The number of anilines is 1. The van der Waals surface area contributed by atoms with Gasteiger partial charge in [0.2, 0.25) is 5.91 Å². The van der Waals surface area contributed by atoms with Gasteiger partial charge in [0.25, 0.3) is 5.91 Å². The van der Waals surface area contributed by atoms with E-state index in [1.807, 2.05) is 25.3 Å². The molecule has 0 unspecified atom stereocenters. The number of benzene rings is 2. The van der Waals surface area contributed by atoms with Gasteiger partial charge >= 0.3 is 5.97 Å². The lowest BCUT2D eigenvalue weighted by Crippen LogP contribution is -2.34. The normalized spacial score (nSPS) is 11.9. The Bertz CT molecular complexity index is 1350. The zero-order valence-electron chi connectivity index (χ0n) is 22.3. The lowest BCUT2D eigenvalue weighted by atomic mass is 10.0.